The molecule has 2 aliphatic heterocycles. The van der Waals surface area contributed by atoms with E-state index in [-0.39, 0.29) is 6.17 Å². The van der Waals surface area contributed by atoms with E-state index in [2.05, 4.69) is 30.2 Å². The lowest BCUT2D eigenvalue weighted by molar-refractivity contribution is 0.579. The van der Waals surface area contributed by atoms with Crippen molar-refractivity contribution in [1.82, 2.24) is 20.2 Å². The van der Waals surface area contributed by atoms with Crippen molar-refractivity contribution in [2.45, 2.75) is 31.8 Å². The zero-order valence-corrected chi connectivity index (χ0v) is 11.0. The summed E-state index contributed by atoms with van der Waals surface area (Å²) in [6.07, 6.45) is 8.70. The number of fused-ring (bicyclic) bond motifs is 8. The molecular formula is C12H12N6S. The summed E-state index contributed by atoms with van der Waals surface area (Å²) in [5, 5.41) is 13.8. The van der Waals surface area contributed by atoms with Crippen molar-refractivity contribution in [1.29, 1.82) is 0 Å². The summed E-state index contributed by atoms with van der Waals surface area (Å²) in [6.45, 7) is 0. The van der Waals surface area contributed by atoms with Gasteiger partial charge in [-0.3, -0.25) is 14.9 Å². The second-order valence-electron chi connectivity index (χ2n) is 5.11. The molecule has 0 bridgehead atoms. The predicted molar refractivity (Wildman–Crippen MR) is 72.7 cm³/mol. The van der Waals surface area contributed by atoms with E-state index in [1.54, 1.807) is 12.7 Å². The van der Waals surface area contributed by atoms with Crippen molar-refractivity contribution >= 4 is 23.6 Å². The Morgan fingerprint density at radius 3 is 3.26 bits per heavy atom. The van der Waals surface area contributed by atoms with Crippen LogP contribution in [0.15, 0.2) is 11.4 Å². The third-order valence-electron chi connectivity index (χ3n) is 4.10. The highest BCUT2D eigenvalue weighted by molar-refractivity contribution is 7.15. The lowest BCUT2D eigenvalue weighted by Crippen LogP contribution is -2.35. The minimum atomic E-state index is 0.102. The van der Waals surface area contributed by atoms with Crippen molar-refractivity contribution in [3.63, 3.8) is 0 Å². The molecule has 1 atom stereocenters. The van der Waals surface area contributed by atoms with Gasteiger partial charge in [-0.2, -0.15) is 5.10 Å². The Labute approximate surface area is 113 Å². The number of hydrogen-bond donors (Lipinski definition) is 1. The number of anilines is 1. The fourth-order valence-electron chi connectivity index (χ4n) is 3.25. The Morgan fingerprint density at radius 2 is 2.26 bits per heavy atom. The molecule has 2 aromatic heterocycles. The molecule has 6 nitrogen and oxygen atoms in total. The van der Waals surface area contributed by atoms with Gasteiger partial charge in [0.1, 0.15) is 17.7 Å². The van der Waals surface area contributed by atoms with Crippen molar-refractivity contribution in [2.24, 2.45) is 5.10 Å². The summed E-state index contributed by atoms with van der Waals surface area (Å²) in [7, 11) is 0. The van der Waals surface area contributed by atoms with Gasteiger partial charge >= 0.3 is 0 Å². The molecule has 7 heteroatoms. The average molecular weight is 272 g/mol. The monoisotopic (exact) mass is 272 g/mol. The van der Waals surface area contributed by atoms with Crippen molar-refractivity contribution in [3.8, 4) is 5.00 Å². The van der Waals surface area contributed by atoms with E-state index in [1.807, 2.05) is 11.3 Å². The highest BCUT2D eigenvalue weighted by Crippen LogP contribution is 2.46. The quantitative estimate of drug-likeness (QED) is 0.791. The molecule has 3 aliphatic rings. The van der Waals surface area contributed by atoms with E-state index in [9.17, 15) is 0 Å². The largest absolute Gasteiger partial charge is 0.281 e. The van der Waals surface area contributed by atoms with Gasteiger partial charge in [-0.05, 0) is 31.2 Å². The molecule has 2 aromatic rings. The van der Waals surface area contributed by atoms with E-state index in [4.69, 9.17) is 0 Å². The lowest BCUT2D eigenvalue weighted by Gasteiger charge is -2.29. The van der Waals surface area contributed by atoms with Gasteiger partial charge in [-0.25, -0.2) is 0 Å². The third kappa shape index (κ3) is 1.14. The maximum atomic E-state index is 4.22. The zero-order valence-electron chi connectivity index (χ0n) is 10.2. The van der Waals surface area contributed by atoms with Crippen molar-refractivity contribution in [2.75, 3.05) is 4.90 Å². The first-order valence-corrected chi connectivity index (χ1v) is 7.37. The van der Waals surface area contributed by atoms with E-state index in [0.29, 0.717) is 0 Å². The zero-order chi connectivity index (χ0) is 12.4. The van der Waals surface area contributed by atoms with Gasteiger partial charge in [-0.15, -0.1) is 21.5 Å². The molecule has 0 spiro atoms. The lowest BCUT2D eigenvalue weighted by atomic mass is 9.94. The number of aromatic nitrogens is 3. The van der Waals surface area contributed by atoms with Crippen LogP contribution in [0.2, 0.25) is 0 Å². The third-order valence-corrected chi connectivity index (χ3v) is 5.41. The molecule has 0 aromatic carbocycles. The van der Waals surface area contributed by atoms with Crippen LogP contribution >= 0.6 is 11.3 Å². The van der Waals surface area contributed by atoms with Crippen LogP contribution in [0.1, 0.15) is 35.0 Å². The summed E-state index contributed by atoms with van der Waals surface area (Å²) < 4.78 is 2.09. The first-order chi connectivity index (χ1) is 9.43. The standard InChI is InChI=1S/C12H12N6S/c1-2-4-8-7(3-1)9-10-15-13-5-17(10)12-16-14-6-18(12)11(9)19-8/h5-6,10,15H,1-4H2. The topological polar surface area (TPSA) is 58.3 Å². The molecule has 0 fully saturated rings. The van der Waals surface area contributed by atoms with Crippen LogP contribution in [0, 0.1) is 0 Å². The molecule has 0 saturated carbocycles. The van der Waals surface area contributed by atoms with E-state index >= 15 is 0 Å². The fourth-order valence-corrected chi connectivity index (χ4v) is 4.64. The van der Waals surface area contributed by atoms with Gasteiger partial charge in [0.25, 0.3) is 0 Å². The van der Waals surface area contributed by atoms with E-state index < -0.39 is 0 Å². The molecule has 1 N–H and O–H groups in total. The number of aryl methyl sites for hydroxylation is 1. The second-order valence-corrected chi connectivity index (χ2v) is 6.20. The summed E-state index contributed by atoms with van der Waals surface area (Å²) in [5.74, 6) is 0.852. The number of rotatable bonds is 0. The molecule has 0 amide bonds. The molecule has 1 aliphatic carbocycles. The summed E-state index contributed by atoms with van der Waals surface area (Å²) in [5.41, 5.74) is 6.11. The van der Waals surface area contributed by atoms with E-state index in [1.165, 1.54) is 46.7 Å². The highest BCUT2D eigenvalue weighted by Gasteiger charge is 2.39. The van der Waals surface area contributed by atoms with Gasteiger partial charge in [0.05, 0.1) is 0 Å². The maximum absolute atomic E-state index is 4.22. The van der Waals surface area contributed by atoms with Crippen LogP contribution in [0.3, 0.4) is 0 Å². The first-order valence-electron chi connectivity index (χ1n) is 6.55. The van der Waals surface area contributed by atoms with Gasteiger partial charge in [0.2, 0.25) is 5.95 Å². The van der Waals surface area contributed by atoms with Crippen LogP contribution < -0.4 is 10.3 Å². The Morgan fingerprint density at radius 1 is 1.32 bits per heavy atom. The van der Waals surface area contributed by atoms with Crippen LogP contribution in [0.25, 0.3) is 5.00 Å². The van der Waals surface area contributed by atoms with Crippen LogP contribution in [0.4, 0.5) is 5.95 Å². The molecular weight excluding hydrogens is 260 g/mol. The van der Waals surface area contributed by atoms with Crippen molar-refractivity contribution < 1.29 is 0 Å². The predicted octanol–water partition coefficient (Wildman–Crippen LogP) is 1.57. The highest BCUT2D eigenvalue weighted by atomic mass is 32.1. The van der Waals surface area contributed by atoms with Crippen LogP contribution in [0.5, 0.6) is 0 Å². The minimum Gasteiger partial charge on any atom is -0.281 e. The Balaban J connectivity index is 1.83. The number of nitrogens with zero attached hydrogens (tertiary/aromatic N) is 5. The summed E-state index contributed by atoms with van der Waals surface area (Å²) in [4.78, 5) is 3.60. The number of hydrazone groups is 1. The Hall–Kier alpha value is -1.89. The normalized spacial score (nSPS) is 22.5. The maximum Gasteiger partial charge on any atom is 0.239 e. The molecule has 1 unspecified atom stereocenters. The minimum absolute atomic E-state index is 0.102. The van der Waals surface area contributed by atoms with E-state index in [0.717, 1.165) is 5.95 Å². The smallest absolute Gasteiger partial charge is 0.239 e. The number of hydrogen-bond acceptors (Lipinski definition) is 6. The van der Waals surface area contributed by atoms with Gasteiger partial charge in [0.15, 0.2) is 6.17 Å². The average Bonchev–Trinajstić information content (AvgIpc) is 3.14. The molecule has 4 heterocycles. The molecule has 0 saturated heterocycles. The molecule has 19 heavy (non-hydrogen) atoms. The number of nitrogens with one attached hydrogen (secondary N) is 1. The van der Waals surface area contributed by atoms with Gasteiger partial charge in [-0.1, -0.05) is 0 Å². The SMILES string of the molecule is C1=NNC2c3c(sc4c3CCCC4)-n3cnnc3N12. The molecule has 96 valence electrons. The summed E-state index contributed by atoms with van der Waals surface area (Å²) in [6, 6.07) is 0. The van der Waals surface area contributed by atoms with Crippen LogP contribution in [-0.2, 0) is 12.8 Å². The van der Waals surface area contributed by atoms with Gasteiger partial charge < -0.3 is 0 Å². The first kappa shape index (κ1) is 9.96. The molecule has 0 radical (unpaired) electrons. The molecule has 5 rings (SSSR count). The fraction of sp³-hybridized carbons (Fsp3) is 0.417. The Bertz CT molecular complexity index is 699. The second kappa shape index (κ2) is 3.36. The van der Waals surface area contributed by atoms with Crippen molar-refractivity contribution in [3.05, 3.63) is 22.3 Å². The summed E-state index contributed by atoms with van der Waals surface area (Å²) >= 11 is 1.89. The van der Waals surface area contributed by atoms with Gasteiger partial charge in [0, 0.05) is 10.4 Å². The van der Waals surface area contributed by atoms with Crippen LogP contribution in [-0.4, -0.2) is 21.1 Å². The number of thiophene rings is 1. The Kier molecular flexibility index (Phi) is 1.76.